The van der Waals surface area contributed by atoms with Crippen molar-refractivity contribution in [2.75, 3.05) is 7.11 Å². The number of rotatable bonds is 4. The molecule has 30 heavy (non-hydrogen) atoms. The molecule has 4 nitrogen and oxygen atoms in total. The minimum Gasteiger partial charge on any atom is -0.495 e. The number of sulfone groups is 1. The van der Waals surface area contributed by atoms with E-state index >= 15 is 0 Å². The number of methoxy groups -OCH3 is 1. The van der Waals surface area contributed by atoms with Crippen LogP contribution in [0.15, 0.2) is 76.7 Å². The van der Waals surface area contributed by atoms with Crippen molar-refractivity contribution in [3.8, 4) is 16.9 Å². The van der Waals surface area contributed by atoms with Crippen molar-refractivity contribution in [1.82, 2.24) is 4.98 Å². The standard InChI is InChI=1S/C22H14Cl2FNO3S/c1-29-20-8-6-16(11-18(20)24)30(27,28)21-12-26-19-10-15(25)5-7-17(19)22(21)13-3-2-4-14(23)9-13/h2-12H,1H3. The molecule has 0 aliphatic rings. The second-order valence-corrected chi connectivity index (χ2v) is 9.23. The van der Waals surface area contributed by atoms with Gasteiger partial charge in [0.25, 0.3) is 0 Å². The van der Waals surface area contributed by atoms with Gasteiger partial charge in [0.05, 0.1) is 27.4 Å². The maximum absolute atomic E-state index is 13.7. The van der Waals surface area contributed by atoms with Crippen molar-refractivity contribution in [3.05, 3.63) is 82.7 Å². The van der Waals surface area contributed by atoms with Crippen LogP contribution in [0.2, 0.25) is 10.0 Å². The summed E-state index contributed by atoms with van der Waals surface area (Å²) in [5, 5.41) is 1.09. The number of ether oxygens (including phenoxy) is 1. The maximum Gasteiger partial charge on any atom is 0.208 e. The summed E-state index contributed by atoms with van der Waals surface area (Å²) in [5.74, 6) is -0.109. The first-order chi connectivity index (χ1) is 14.3. The van der Waals surface area contributed by atoms with E-state index in [1.807, 2.05) is 0 Å². The molecule has 4 aromatic rings. The van der Waals surface area contributed by atoms with Gasteiger partial charge in [0, 0.05) is 28.2 Å². The zero-order valence-corrected chi connectivity index (χ0v) is 17.9. The lowest BCUT2D eigenvalue weighted by atomic mass is 10.0. The number of pyridine rings is 1. The first-order valence-electron chi connectivity index (χ1n) is 8.74. The van der Waals surface area contributed by atoms with Crippen LogP contribution < -0.4 is 4.74 Å². The molecule has 152 valence electrons. The number of hydrogen-bond donors (Lipinski definition) is 0. The molecule has 0 bridgehead atoms. The predicted octanol–water partition coefficient (Wildman–Crippen LogP) is 6.19. The van der Waals surface area contributed by atoms with E-state index < -0.39 is 15.7 Å². The Morgan fingerprint density at radius 2 is 1.80 bits per heavy atom. The number of nitrogens with zero attached hydrogens (tertiary/aromatic N) is 1. The van der Waals surface area contributed by atoms with Crippen LogP contribution in [0.1, 0.15) is 0 Å². The average molecular weight is 462 g/mol. The lowest BCUT2D eigenvalue weighted by Crippen LogP contribution is -2.06. The highest BCUT2D eigenvalue weighted by molar-refractivity contribution is 7.91. The van der Waals surface area contributed by atoms with Crippen LogP contribution in [0.3, 0.4) is 0 Å². The van der Waals surface area contributed by atoms with Crippen molar-refractivity contribution >= 4 is 43.9 Å². The van der Waals surface area contributed by atoms with Gasteiger partial charge in [0.15, 0.2) is 0 Å². The maximum atomic E-state index is 13.7. The minimum absolute atomic E-state index is 0.0140. The first-order valence-corrected chi connectivity index (χ1v) is 11.0. The van der Waals surface area contributed by atoms with Crippen LogP contribution in [-0.4, -0.2) is 20.5 Å². The third-order valence-electron chi connectivity index (χ3n) is 4.63. The van der Waals surface area contributed by atoms with Gasteiger partial charge in [0.2, 0.25) is 9.84 Å². The molecule has 0 fully saturated rings. The van der Waals surface area contributed by atoms with Crippen molar-refractivity contribution in [2.45, 2.75) is 9.79 Å². The van der Waals surface area contributed by atoms with E-state index in [1.165, 1.54) is 49.7 Å². The summed E-state index contributed by atoms with van der Waals surface area (Å²) in [4.78, 5) is 4.14. The lowest BCUT2D eigenvalue weighted by Gasteiger charge is -2.15. The molecule has 0 spiro atoms. The predicted molar refractivity (Wildman–Crippen MR) is 116 cm³/mol. The molecule has 3 aromatic carbocycles. The Bertz CT molecular complexity index is 1390. The molecule has 0 N–H and O–H groups in total. The zero-order chi connectivity index (χ0) is 21.5. The molecule has 1 aromatic heterocycles. The van der Waals surface area contributed by atoms with Crippen molar-refractivity contribution in [2.24, 2.45) is 0 Å². The second kappa shape index (κ2) is 7.87. The van der Waals surface area contributed by atoms with Crippen LogP contribution in [-0.2, 0) is 9.84 Å². The number of fused-ring (bicyclic) bond motifs is 1. The summed E-state index contributed by atoms with van der Waals surface area (Å²) >= 11 is 12.3. The van der Waals surface area contributed by atoms with Gasteiger partial charge < -0.3 is 4.74 Å². The molecule has 4 rings (SSSR count). The molecule has 0 saturated heterocycles. The fourth-order valence-corrected chi connectivity index (χ4v) is 5.21. The number of hydrogen-bond acceptors (Lipinski definition) is 4. The van der Waals surface area contributed by atoms with Gasteiger partial charge in [-0.2, -0.15) is 0 Å². The van der Waals surface area contributed by atoms with Crippen LogP contribution in [0.4, 0.5) is 4.39 Å². The smallest absolute Gasteiger partial charge is 0.208 e. The zero-order valence-electron chi connectivity index (χ0n) is 15.6. The van der Waals surface area contributed by atoms with Crippen LogP contribution in [0, 0.1) is 5.82 Å². The van der Waals surface area contributed by atoms with Crippen LogP contribution in [0.25, 0.3) is 22.0 Å². The highest BCUT2D eigenvalue weighted by Gasteiger charge is 2.25. The van der Waals surface area contributed by atoms with Gasteiger partial charge in [-0.3, -0.25) is 4.98 Å². The Morgan fingerprint density at radius 1 is 1.00 bits per heavy atom. The Morgan fingerprint density at radius 3 is 2.50 bits per heavy atom. The second-order valence-electron chi connectivity index (χ2n) is 6.47. The van der Waals surface area contributed by atoms with E-state index in [0.29, 0.717) is 32.8 Å². The van der Waals surface area contributed by atoms with E-state index in [2.05, 4.69) is 4.98 Å². The van der Waals surface area contributed by atoms with Gasteiger partial charge >= 0.3 is 0 Å². The third-order valence-corrected chi connectivity index (χ3v) is 6.93. The van der Waals surface area contributed by atoms with E-state index in [-0.39, 0.29) is 14.8 Å². The average Bonchev–Trinajstić information content (AvgIpc) is 2.72. The van der Waals surface area contributed by atoms with Gasteiger partial charge in [0.1, 0.15) is 11.6 Å². The molecular weight excluding hydrogens is 448 g/mol. The van der Waals surface area contributed by atoms with E-state index in [0.717, 1.165) is 0 Å². The van der Waals surface area contributed by atoms with Crippen molar-refractivity contribution < 1.29 is 17.5 Å². The highest BCUT2D eigenvalue weighted by atomic mass is 35.5. The van der Waals surface area contributed by atoms with E-state index in [9.17, 15) is 12.8 Å². The fourth-order valence-electron chi connectivity index (χ4n) is 3.24. The summed E-state index contributed by atoms with van der Waals surface area (Å²) < 4.78 is 45.9. The quantitative estimate of drug-likeness (QED) is 0.363. The molecule has 0 saturated carbocycles. The summed E-state index contributed by atoms with van der Waals surface area (Å²) in [5.41, 5.74) is 1.28. The van der Waals surface area contributed by atoms with Crippen molar-refractivity contribution in [1.29, 1.82) is 0 Å². The molecule has 0 aliphatic carbocycles. The van der Waals surface area contributed by atoms with Crippen molar-refractivity contribution in [3.63, 3.8) is 0 Å². The summed E-state index contributed by atoms with van der Waals surface area (Å²) in [6.07, 6.45) is 1.23. The van der Waals surface area contributed by atoms with Crippen LogP contribution in [0.5, 0.6) is 5.75 Å². The van der Waals surface area contributed by atoms with Crippen LogP contribution >= 0.6 is 23.2 Å². The molecular formula is C22H14Cl2FNO3S. The number of halogens is 3. The molecule has 0 radical (unpaired) electrons. The molecule has 0 amide bonds. The van der Waals surface area contributed by atoms with E-state index in [4.69, 9.17) is 27.9 Å². The van der Waals surface area contributed by atoms with Gasteiger partial charge in [-0.15, -0.1) is 0 Å². The monoisotopic (exact) mass is 461 g/mol. The summed E-state index contributed by atoms with van der Waals surface area (Å²) in [6.45, 7) is 0. The Labute approximate surface area is 182 Å². The Hall–Kier alpha value is -2.67. The Balaban J connectivity index is 2.04. The fraction of sp³-hybridized carbons (Fsp3) is 0.0455. The largest absolute Gasteiger partial charge is 0.495 e. The molecule has 0 atom stereocenters. The third kappa shape index (κ3) is 3.62. The first kappa shape index (κ1) is 20.6. The topological polar surface area (TPSA) is 56.3 Å². The number of benzene rings is 3. The van der Waals surface area contributed by atoms with Gasteiger partial charge in [-0.05, 0) is 48.0 Å². The summed E-state index contributed by atoms with van der Waals surface area (Å²) in [7, 11) is -2.58. The Kier molecular flexibility index (Phi) is 5.40. The molecule has 8 heteroatoms. The molecule has 1 heterocycles. The summed E-state index contributed by atoms with van der Waals surface area (Å²) in [6, 6.07) is 15.0. The SMILES string of the molecule is COc1ccc(S(=O)(=O)c2cnc3cc(F)ccc3c2-c2cccc(Cl)c2)cc1Cl. The normalized spacial score (nSPS) is 11.6. The molecule has 0 unspecified atom stereocenters. The molecule has 0 aliphatic heterocycles. The minimum atomic E-state index is -4.02. The van der Waals surface area contributed by atoms with Gasteiger partial charge in [-0.25, -0.2) is 12.8 Å². The lowest BCUT2D eigenvalue weighted by molar-refractivity contribution is 0.414. The number of aromatic nitrogens is 1. The van der Waals surface area contributed by atoms with Gasteiger partial charge in [-0.1, -0.05) is 35.3 Å². The highest BCUT2D eigenvalue weighted by Crippen LogP contribution is 2.38. The van der Waals surface area contributed by atoms with E-state index in [1.54, 1.807) is 24.3 Å².